The average Bonchev–Trinajstić information content (AvgIpc) is 3.32. The van der Waals surface area contributed by atoms with Crippen LogP contribution in [0.3, 0.4) is 0 Å². The number of ether oxygens (including phenoxy) is 1. The second-order valence-electron chi connectivity index (χ2n) is 6.49. The Morgan fingerprint density at radius 1 is 1.08 bits per heavy atom. The molecule has 0 aliphatic carbocycles. The number of carbonyl (C=O) groups is 2. The Balaban J connectivity index is 1.33. The monoisotopic (exact) mass is 339 g/mol. The maximum Gasteiger partial charge on any atom is 0.255 e. The van der Waals surface area contributed by atoms with Crippen molar-refractivity contribution in [3.63, 3.8) is 0 Å². The molecule has 2 aliphatic rings. The molecule has 0 radical (unpaired) electrons. The molecule has 1 aromatic carbocycles. The number of carbonyl (C=O) groups excluding carboxylic acids is 2. The van der Waals surface area contributed by atoms with Gasteiger partial charge >= 0.3 is 0 Å². The number of piperazine rings is 1. The molecule has 2 aromatic rings. The topological polar surface area (TPSA) is 65.6 Å². The summed E-state index contributed by atoms with van der Waals surface area (Å²) in [4.78, 5) is 31.4. The smallest absolute Gasteiger partial charge is 0.255 e. The van der Waals surface area contributed by atoms with Gasteiger partial charge in [0.2, 0.25) is 5.91 Å². The van der Waals surface area contributed by atoms with E-state index in [4.69, 9.17) is 4.74 Å². The van der Waals surface area contributed by atoms with Crippen molar-refractivity contribution in [2.45, 2.75) is 12.8 Å². The molecule has 6 nitrogen and oxygen atoms in total. The minimum atomic E-state index is 0.0203. The third kappa shape index (κ3) is 3.24. The highest BCUT2D eigenvalue weighted by Gasteiger charge is 2.25. The van der Waals surface area contributed by atoms with E-state index in [0.29, 0.717) is 38.2 Å². The lowest BCUT2D eigenvalue weighted by atomic mass is 10.1. The second kappa shape index (κ2) is 6.63. The predicted octanol–water partition coefficient (Wildman–Crippen LogP) is 1.48. The Kier molecular flexibility index (Phi) is 4.17. The van der Waals surface area contributed by atoms with Gasteiger partial charge in [0.25, 0.3) is 5.91 Å². The minimum absolute atomic E-state index is 0.0203. The van der Waals surface area contributed by atoms with Crippen LogP contribution in [0.25, 0.3) is 0 Å². The molecule has 0 spiro atoms. The van der Waals surface area contributed by atoms with Crippen LogP contribution in [0.15, 0.2) is 36.7 Å². The maximum atomic E-state index is 12.6. The zero-order valence-electron chi connectivity index (χ0n) is 14.0. The summed E-state index contributed by atoms with van der Waals surface area (Å²) in [5.41, 5.74) is 2.88. The molecular weight excluding hydrogens is 318 g/mol. The Bertz CT molecular complexity index is 777. The first-order chi connectivity index (χ1) is 12.2. The summed E-state index contributed by atoms with van der Waals surface area (Å²) < 4.78 is 5.50. The summed E-state index contributed by atoms with van der Waals surface area (Å²) in [6, 6.07) is 7.77. The molecule has 2 amide bonds. The molecule has 6 heteroatoms. The first kappa shape index (κ1) is 15.7. The molecule has 1 aromatic heterocycles. The van der Waals surface area contributed by atoms with Gasteiger partial charge in [-0.05, 0) is 23.3 Å². The van der Waals surface area contributed by atoms with E-state index in [0.717, 1.165) is 24.3 Å². The van der Waals surface area contributed by atoms with Gasteiger partial charge in [-0.3, -0.25) is 9.59 Å². The Labute approximate surface area is 146 Å². The lowest BCUT2D eigenvalue weighted by molar-refractivity contribution is -0.131. The summed E-state index contributed by atoms with van der Waals surface area (Å²) in [5.74, 6) is 1.08. The highest BCUT2D eigenvalue weighted by Crippen LogP contribution is 2.26. The lowest BCUT2D eigenvalue weighted by Gasteiger charge is -2.34. The van der Waals surface area contributed by atoms with E-state index in [1.54, 1.807) is 23.4 Å². The third-order valence-electron chi connectivity index (χ3n) is 4.87. The molecule has 0 bridgehead atoms. The maximum absolute atomic E-state index is 12.6. The van der Waals surface area contributed by atoms with E-state index in [1.165, 1.54) is 5.56 Å². The average molecular weight is 339 g/mol. The molecule has 0 saturated carbocycles. The number of H-pyrrole nitrogens is 1. The van der Waals surface area contributed by atoms with Gasteiger partial charge < -0.3 is 19.5 Å². The van der Waals surface area contributed by atoms with Gasteiger partial charge in [0.05, 0.1) is 18.6 Å². The van der Waals surface area contributed by atoms with Crippen molar-refractivity contribution in [2.24, 2.45) is 0 Å². The summed E-state index contributed by atoms with van der Waals surface area (Å²) in [5, 5.41) is 0. The fourth-order valence-corrected chi connectivity index (χ4v) is 3.43. The number of fused-ring (bicyclic) bond motifs is 1. The number of benzene rings is 1. The first-order valence-corrected chi connectivity index (χ1v) is 8.65. The highest BCUT2D eigenvalue weighted by atomic mass is 16.5. The Hall–Kier alpha value is -2.76. The van der Waals surface area contributed by atoms with Crippen molar-refractivity contribution in [3.05, 3.63) is 53.3 Å². The molecule has 3 heterocycles. The largest absolute Gasteiger partial charge is 0.493 e. The van der Waals surface area contributed by atoms with Crippen LogP contribution in [0.4, 0.5) is 0 Å². The number of hydrogen-bond donors (Lipinski definition) is 1. The number of aromatic nitrogens is 1. The molecule has 1 N–H and O–H groups in total. The molecule has 1 fully saturated rings. The van der Waals surface area contributed by atoms with Crippen LogP contribution in [0.5, 0.6) is 5.75 Å². The van der Waals surface area contributed by atoms with E-state index >= 15 is 0 Å². The van der Waals surface area contributed by atoms with Gasteiger partial charge in [0.1, 0.15) is 5.75 Å². The molecule has 25 heavy (non-hydrogen) atoms. The molecule has 4 rings (SSSR count). The third-order valence-corrected chi connectivity index (χ3v) is 4.87. The van der Waals surface area contributed by atoms with Gasteiger partial charge in [0.15, 0.2) is 0 Å². The Morgan fingerprint density at radius 3 is 2.64 bits per heavy atom. The van der Waals surface area contributed by atoms with Crippen LogP contribution in [0.1, 0.15) is 21.5 Å². The van der Waals surface area contributed by atoms with Crippen LogP contribution >= 0.6 is 0 Å². The molecule has 0 unspecified atom stereocenters. The number of amides is 2. The number of nitrogens with zero attached hydrogens (tertiary/aromatic N) is 2. The number of aromatic amines is 1. The summed E-state index contributed by atoms with van der Waals surface area (Å²) >= 11 is 0. The van der Waals surface area contributed by atoms with E-state index < -0.39 is 0 Å². The van der Waals surface area contributed by atoms with Crippen molar-refractivity contribution in [1.29, 1.82) is 0 Å². The normalized spacial score (nSPS) is 16.5. The highest BCUT2D eigenvalue weighted by molar-refractivity contribution is 5.94. The van der Waals surface area contributed by atoms with Crippen molar-refractivity contribution < 1.29 is 14.3 Å². The van der Waals surface area contributed by atoms with Crippen molar-refractivity contribution in [3.8, 4) is 5.75 Å². The van der Waals surface area contributed by atoms with Crippen molar-refractivity contribution in [1.82, 2.24) is 14.8 Å². The number of nitrogens with one attached hydrogen (secondary N) is 1. The lowest BCUT2D eigenvalue weighted by Crippen LogP contribution is -2.50. The van der Waals surface area contributed by atoms with Gasteiger partial charge in [0, 0.05) is 45.0 Å². The summed E-state index contributed by atoms with van der Waals surface area (Å²) in [6.07, 6.45) is 4.77. The SMILES string of the molecule is O=C(Cc1ccc2c(c1)CCO2)N1CCN(C(=O)c2cc[nH]c2)CC1. The van der Waals surface area contributed by atoms with Gasteiger partial charge in [-0.1, -0.05) is 12.1 Å². The summed E-state index contributed by atoms with van der Waals surface area (Å²) in [7, 11) is 0. The van der Waals surface area contributed by atoms with E-state index in [9.17, 15) is 9.59 Å². The van der Waals surface area contributed by atoms with E-state index in [1.807, 2.05) is 17.0 Å². The quantitative estimate of drug-likeness (QED) is 0.921. The van der Waals surface area contributed by atoms with Crippen molar-refractivity contribution in [2.75, 3.05) is 32.8 Å². The standard InChI is InChI=1S/C19H21N3O3/c23-18(12-14-1-2-17-15(11-14)4-10-25-17)21-6-8-22(9-7-21)19(24)16-3-5-20-13-16/h1-3,5,11,13,20H,4,6-10,12H2. The van der Waals surface area contributed by atoms with Crippen molar-refractivity contribution >= 4 is 11.8 Å². The van der Waals surface area contributed by atoms with Crippen LogP contribution in [0.2, 0.25) is 0 Å². The van der Waals surface area contributed by atoms with Crippen LogP contribution in [0, 0.1) is 0 Å². The fraction of sp³-hybridized carbons (Fsp3) is 0.368. The van der Waals surface area contributed by atoms with Gasteiger partial charge in [-0.25, -0.2) is 0 Å². The molecule has 0 atom stereocenters. The minimum Gasteiger partial charge on any atom is -0.493 e. The molecule has 2 aliphatic heterocycles. The van der Waals surface area contributed by atoms with E-state index in [-0.39, 0.29) is 11.8 Å². The Morgan fingerprint density at radius 2 is 1.88 bits per heavy atom. The molecule has 1 saturated heterocycles. The second-order valence-corrected chi connectivity index (χ2v) is 6.49. The zero-order chi connectivity index (χ0) is 17.2. The molecular formula is C19H21N3O3. The number of rotatable bonds is 3. The van der Waals surface area contributed by atoms with Gasteiger partial charge in [-0.2, -0.15) is 0 Å². The first-order valence-electron chi connectivity index (χ1n) is 8.65. The predicted molar refractivity (Wildman–Crippen MR) is 92.6 cm³/mol. The van der Waals surface area contributed by atoms with Crippen LogP contribution in [-0.4, -0.2) is 59.4 Å². The van der Waals surface area contributed by atoms with E-state index in [2.05, 4.69) is 11.1 Å². The fourth-order valence-electron chi connectivity index (χ4n) is 3.43. The summed E-state index contributed by atoms with van der Waals surface area (Å²) in [6.45, 7) is 3.05. The van der Waals surface area contributed by atoms with Gasteiger partial charge in [-0.15, -0.1) is 0 Å². The zero-order valence-corrected chi connectivity index (χ0v) is 14.0. The molecule has 130 valence electrons. The number of hydrogen-bond acceptors (Lipinski definition) is 3. The van der Waals surface area contributed by atoms with Crippen LogP contribution < -0.4 is 4.74 Å². The van der Waals surface area contributed by atoms with Crippen LogP contribution in [-0.2, 0) is 17.6 Å².